The van der Waals surface area contributed by atoms with Gasteiger partial charge in [-0.25, -0.2) is 0 Å². The van der Waals surface area contributed by atoms with Crippen molar-refractivity contribution in [3.63, 3.8) is 0 Å². The Kier molecular flexibility index (Phi) is 2.64. The maximum absolute atomic E-state index is 4.24. The summed E-state index contributed by atoms with van der Waals surface area (Å²) in [6.45, 7) is 7.38. The molecule has 0 spiro atoms. The van der Waals surface area contributed by atoms with Crippen LogP contribution in [0.1, 0.15) is 40.0 Å². The first-order chi connectivity index (χ1) is 10.0. The van der Waals surface area contributed by atoms with Gasteiger partial charge in [-0.05, 0) is 48.1 Å². The van der Waals surface area contributed by atoms with Crippen molar-refractivity contribution < 1.29 is 0 Å². The Morgan fingerprint density at radius 3 is 2.81 bits per heavy atom. The largest absolute Gasteiger partial charge is 0.381 e. The lowest BCUT2D eigenvalue weighted by Crippen LogP contribution is -2.45. The molecule has 2 aliphatic rings. The van der Waals surface area contributed by atoms with Gasteiger partial charge >= 0.3 is 0 Å². The number of benzene rings is 1. The fourth-order valence-corrected chi connectivity index (χ4v) is 5.07. The highest BCUT2D eigenvalue weighted by Crippen LogP contribution is 2.63. The number of pyridine rings is 1. The highest BCUT2D eigenvalue weighted by Gasteiger charge is 2.59. The van der Waals surface area contributed by atoms with E-state index in [4.69, 9.17) is 0 Å². The van der Waals surface area contributed by atoms with Gasteiger partial charge in [-0.15, -0.1) is 0 Å². The number of anilines is 1. The van der Waals surface area contributed by atoms with Crippen LogP contribution in [0.2, 0.25) is 0 Å². The zero-order valence-electron chi connectivity index (χ0n) is 13.2. The summed E-state index contributed by atoms with van der Waals surface area (Å²) >= 11 is 0. The van der Waals surface area contributed by atoms with Crippen molar-refractivity contribution in [3.8, 4) is 0 Å². The first-order valence-electron chi connectivity index (χ1n) is 8.10. The third-order valence-corrected chi connectivity index (χ3v) is 6.25. The zero-order chi connectivity index (χ0) is 14.7. The van der Waals surface area contributed by atoms with E-state index in [0.29, 0.717) is 16.9 Å². The quantitative estimate of drug-likeness (QED) is 0.849. The van der Waals surface area contributed by atoms with Crippen molar-refractivity contribution >= 4 is 16.5 Å². The SMILES string of the molecule is CC12CCC(C1)C(C)(C)C2Nc1cccc2cnccc12. The van der Waals surface area contributed by atoms with Gasteiger partial charge in [-0.2, -0.15) is 0 Å². The van der Waals surface area contributed by atoms with Crippen molar-refractivity contribution in [1.82, 2.24) is 4.98 Å². The first-order valence-corrected chi connectivity index (χ1v) is 8.10. The summed E-state index contributed by atoms with van der Waals surface area (Å²) < 4.78 is 0. The van der Waals surface area contributed by atoms with Crippen LogP contribution in [-0.2, 0) is 0 Å². The Morgan fingerprint density at radius 1 is 1.19 bits per heavy atom. The molecule has 2 saturated carbocycles. The predicted molar refractivity (Wildman–Crippen MR) is 88.4 cm³/mol. The summed E-state index contributed by atoms with van der Waals surface area (Å²) in [6, 6.07) is 9.17. The predicted octanol–water partition coefficient (Wildman–Crippen LogP) is 4.86. The average molecular weight is 280 g/mol. The van der Waals surface area contributed by atoms with Crippen LogP contribution in [0.5, 0.6) is 0 Å². The fraction of sp³-hybridized carbons (Fsp3) is 0.526. The third-order valence-electron chi connectivity index (χ3n) is 6.25. The number of rotatable bonds is 2. The van der Waals surface area contributed by atoms with Crippen LogP contribution in [0.4, 0.5) is 5.69 Å². The maximum atomic E-state index is 4.24. The van der Waals surface area contributed by atoms with Crippen molar-refractivity contribution in [2.75, 3.05) is 5.32 Å². The molecule has 2 aromatic rings. The summed E-state index contributed by atoms with van der Waals surface area (Å²) in [5.74, 6) is 0.872. The summed E-state index contributed by atoms with van der Waals surface area (Å²) in [5, 5.41) is 6.42. The number of aromatic nitrogens is 1. The van der Waals surface area contributed by atoms with Gasteiger partial charge in [-0.3, -0.25) is 4.98 Å². The smallest absolute Gasteiger partial charge is 0.0423 e. The van der Waals surface area contributed by atoms with Crippen LogP contribution in [-0.4, -0.2) is 11.0 Å². The topological polar surface area (TPSA) is 24.9 Å². The molecular formula is C19H24N2. The molecule has 4 rings (SSSR count). The average Bonchev–Trinajstić information content (AvgIpc) is 2.95. The molecule has 2 fully saturated rings. The normalized spacial score (nSPS) is 33.5. The zero-order valence-corrected chi connectivity index (χ0v) is 13.2. The van der Waals surface area contributed by atoms with E-state index in [9.17, 15) is 0 Å². The molecule has 3 atom stereocenters. The van der Waals surface area contributed by atoms with E-state index in [0.717, 1.165) is 5.92 Å². The minimum atomic E-state index is 0.377. The van der Waals surface area contributed by atoms with Crippen molar-refractivity contribution in [2.24, 2.45) is 16.7 Å². The summed E-state index contributed by atoms with van der Waals surface area (Å²) in [5.41, 5.74) is 2.09. The van der Waals surface area contributed by atoms with Gasteiger partial charge in [0, 0.05) is 34.9 Å². The molecule has 1 aromatic heterocycles. The number of hydrogen-bond donors (Lipinski definition) is 1. The van der Waals surface area contributed by atoms with Crippen LogP contribution in [0, 0.1) is 16.7 Å². The van der Waals surface area contributed by atoms with Gasteiger partial charge in [0.25, 0.3) is 0 Å². The lowest BCUT2D eigenvalue weighted by Gasteiger charge is -2.43. The van der Waals surface area contributed by atoms with E-state index < -0.39 is 0 Å². The van der Waals surface area contributed by atoms with E-state index in [1.165, 1.54) is 35.7 Å². The molecule has 0 radical (unpaired) electrons. The second-order valence-corrected chi connectivity index (χ2v) is 7.89. The van der Waals surface area contributed by atoms with Crippen LogP contribution >= 0.6 is 0 Å². The van der Waals surface area contributed by atoms with E-state index in [-0.39, 0.29) is 0 Å². The van der Waals surface area contributed by atoms with Crippen LogP contribution < -0.4 is 5.32 Å². The highest BCUT2D eigenvalue weighted by molar-refractivity contribution is 5.93. The lowest BCUT2D eigenvalue weighted by molar-refractivity contribution is 0.155. The molecule has 21 heavy (non-hydrogen) atoms. The van der Waals surface area contributed by atoms with E-state index >= 15 is 0 Å². The Balaban J connectivity index is 1.75. The number of fused-ring (bicyclic) bond motifs is 3. The Hall–Kier alpha value is -1.57. The van der Waals surface area contributed by atoms with Crippen molar-refractivity contribution in [2.45, 2.75) is 46.1 Å². The minimum absolute atomic E-state index is 0.377. The molecule has 0 amide bonds. The van der Waals surface area contributed by atoms with Crippen LogP contribution in [0.3, 0.4) is 0 Å². The molecule has 1 N–H and O–H groups in total. The monoisotopic (exact) mass is 280 g/mol. The lowest BCUT2D eigenvalue weighted by atomic mass is 9.68. The highest BCUT2D eigenvalue weighted by atomic mass is 15.0. The number of hydrogen-bond acceptors (Lipinski definition) is 2. The molecule has 0 aliphatic heterocycles. The standard InChI is InChI=1S/C19H24N2/c1-18(2)14-7-9-19(3,11-14)17(18)21-16-6-4-5-13-12-20-10-8-15(13)16/h4-6,8,10,12,14,17,21H,7,9,11H2,1-3H3. The van der Waals surface area contributed by atoms with E-state index in [2.05, 4.69) is 55.3 Å². The Morgan fingerprint density at radius 2 is 2.05 bits per heavy atom. The molecule has 3 unspecified atom stereocenters. The molecule has 2 heteroatoms. The van der Waals surface area contributed by atoms with Crippen molar-refractivity contribution in [1.29, 1.82) is 0 Å². The fourth-order valence-electron chi connectivity index (χ4n) is 5.07. The van der Waals surface area contributed by atoms with Crippen LogP contribution in [0.15, 0.2) is 36.7 Å². The Labute approximate surface area is 127 Å². The Bertz CT molecular complexity index is 681. The molecule has 0 saturated heterocycles. The minimum Gasteiger partial charge on any atom is -0.381 e. The van der Waals surface area contributed by atoms with Gasteiger partial charge in [0.1, 0.15) is 0 Å². The first kappa shape index (κ1) is 13.1. The van der Waals surface area contributed by atoms with Gasteiger partial charge in [0.05, 0.1) is 0 Å². The van der Waals surface area contributed by atoms with Gasteiger partial charge in [-0.1, -0.05) is 32.9 Å². The summed E-state index contributed by atoms with van der Waals surface area (Å²) in [6.07, 6.45) is 7.99. The van der Waals surface area contributed by atoms with Gasteiger partial charge in [0.15, 0.2) is 0 Å². The number of nitrogens with zero attached hydrogens (tertiary/aromatic N) is 1. The molecule has 2 nitrogen and oxygen atoms in total. The van der Waals surface area contributed by atoms with Gasteiger partial charge < -0.3 is 5.32 Å². The molecule has 1 aromatic carbocycles. The van der Waals surface area contributed by atoms with Gasteiger partial charge in [0.2, 0.25) is 0 Å². The summed E-state index contributed by atoms with van der Waals surface area (Å²) in [7, 11) is 0. The van der Waals surface area contributed by atoms with Crippen molar-refractivity contribution in [3.05, 3.63) is 36.7 Å². The van der Waals surface area contributed by atoms with Crippen LogP contribution in [0.25, 0.3) is 10.8 Å². The second kappa shape index (κ2) is 4.22. The number of nitrogens with one attached hydrogen (secondary N) is 1. The second-order valence-electron chi connectivity index (χ2n) is 7.89. The molecule has 110 valence electrons. The molecule has 2 bridgehead atoms. The maximum Gasteiger partial charge on any atom is 0.0423 e. The summed E-state index contributed by atoms with van der Waals surface area (Å²) in [4.78, 5) is 4.24. The molecule has 2 aliphatic carbocycles. The molecule has 1 heterocycles. The molecular weight excluding hydrogens is 256 g/mol. The van der Waals surface area contributed by atoms with E-state index in [1.54, 1.807) is 0 Å². The van der Waals surface area contributed by atoms with E-state index in [1.807, 2.05) is 12.4 Å². The third kappa shape index (κ3) is 1.81.